The SMILES string of the molecule is C[C@]12C=CC(=O)C=C1CC[C@@H]1[C@@H]2[C@@H](O)C[C@@]2(C)[C@H]1CC[C@]2(O)C(=O)C(O)C(C(=O)O)N1CCN(CCCCl)CC1. The molecule has 9 nitrogen and oxygen atoms in total. The molecule has 0 aromatic heterocycles. The van der Waals surface area contributed by atoms with E-state index in [1.54, 1.807) is 17.1 Å². The van der Waals surface area contributed by atoms with Gasteiger partial charge in [-0.05, 0) is 69.1 Å². The number of hydrogen-bond donors (Lipinski definition) is 4. The van der Waals surface area contributed by atoms with Gasteiger partial charge in [0.1, 0.15) is 17.7 Å². The number of ketones is 2. The number of nitrogens with zero attached hydrogens (tertiary/aromatic N) is 2. The maximum atomic E-state index is 14.0. The number of carboxylic acid groups (broad SMARTS) is 1. The first-order valence-corrected chi connectivity index (χ1v) is 15.2. The van der Waals surface area contributed by atoms with Crippen molar-refractivity contribution in [2.45, 2.75) is 76.2 Å². The lowest BCUT2D eigenvalue weighted by atomic mass is 9.46. The van der Waals surface area contributed by atoms with Crippen LogP contribution in [-0.2, 0) is 14.4 Å². The van der Waals surface area contributed by atoms with Crippen LogP contribution in [0.3, 0.4) is 0 Å². The molecule has 0 radical (unpaired) electrons. The minimum Gasteiger partial charge on any atom is -0.480 e. The molecule has 4 N–H and O–H groups in total. The van der Waals surface area contributed by atoms with Crippen LogP contribution in [0.1, 0.15) is 52.4 Å². The van der Waals surface area contributed by atoms with Crippen molar-refractivity contribution < 1.29 is 34.8 Å². The number of hydrogen-bond acceptors (Lipinski definition) is 8. The van der Waals surface area contributed by atoms with E-state index in [1.165, 1.54) is 0 Å². The van der Waals surface area contributed by atoms with Crippen molar-refractivity contribution in [2.75, 3.05) is 38.6 Å². The van der Waals surface area contributed by atoms with Crippen molar-refractivity contribution in [3.8, 4) is 0 Å². The van der Waals surface area contributed by atoms with E-state index in [0.29, 0.717) is 44.9 Å². The topological polar surface area (TPSA) is 139 Å². The van der Waals surface area contributed by atoms with Crippen LogP contribution in [0.5, 0.6) is 0 Å². The van der Waals surface area contributed by atoms with Crippen LogP contribution >= 0.6 is 11.6 Å². The van der Waals surface area contributed by atoms with Crippen molar-refractivity contribution in [3.05, 3.63) is 23.8 Å². The molecule has 222 valence electrons. The summed E-state index contributed by atoms with van der Waals surface area (Å²) in [6, 6.07) is -1.46. The fourth-order valence-corrected chi connectivity index (χ4v) is 9.28. The van der Waals surface area contributed by atoms with E-state index in [0.717, 1.165) is 25.0 Å². The van der Waals surface area contributed by atoms with Gasteiger partial charge < -0.3 is 25.3 Å². The summed E-state index contributed by atoms with van der Waals surface area (Å²) in [5, 5.41) is 45.0. The summed E-state index contributed by atoms with van der Waals surface area (Å²) in [5.41, 5.74) is -2.41. The molecule has 4 aliphatic carbocycles. The van der Waals surface area contributed by atoms with Gasteiger partial charge in [-0.1, -0.05) is 25.5 Å². The highest BCUT2D eigenvalue weighted by molar-refractivity contribution is 6.17. The molecular weight excluding hydrogens is 536 g/mol. The van der Waals surface area contributed by atoms with E-state index in [9.17, 15) is 34.8 Å². The Labute approximate surface area is 240 Å². The first-order valence-electron chi connectivity index (χ1n) is 14.7. The summed E-state index contributed by atoms with van der Waals surface area (Å²) >= 11 is 5.80. The van der Waals surface area contributed by atoms with Gasteiger partial charge in [0.15, 0.2) is 11.6 Å². The number of allylic oxidation sites excluding steroid dienone is 4. The molecule has 0 bridgehead atoms. The number of Topliss-reactive ketones (excluding diaryl/α,β-unsaturated/α-hetero) is 1. The highest BCUT2D eigenvalue weighted by Gasteiger charge is 2.69. The molecule has 9 atom stereocenters. The van der Waals surface area contributed by atoms with E-state index in [4.69, 9.17) is 11.6 Å². The molecule has 0 spiro atoms. The molecule has 1 heterocycles. The fraction of sp³-hybridized carbons (Fsp3) is 0.767. The molecule has 40 heavy (non-hydrogen) atoms. The van der Waals surface area contributed by atoms with Crippen LogP contribution in [0.25, 0.3) is 0 Å². The second kappa shape index (κ2) is 10.9. The first kappa shape index (κ1) is 29.9. The Hall–Kier alpha value is -1.62. The molecule has 1 aliphatic heterocycles. The second-order valence-electron chi connectivity index (χ2n) is 13.1. The average molecular weight is 579 g/mol. The molecular formula is C30H43ClN2O7. The normalized spacial score (nSPS) is 41.5. The number of piperazine rings is 1. The van der Waals surface area contributed by atoms with Gasteiger partial charge in [0.25, 0.3) is 0 Å². The van der Waals surface area contributed by atoms with Gasteiger partial charge >= 0.3 is 5.97 Å². The molecule has 4 fully saturated rings. The van der Waals surface area contributed by atoms with Gasteiger partial charge in [-0.15, -0.1) is 11.6 Å². The highest BCUT2D eigenvalue weighted by Crippen LogP contribution is 2.67. The molecule has 2 unspecified atom stereocenters. The average Bonchev–Trinajstić information content (AvgIpc) is 3.18. The van der Waals surface area contributed by atoms with Crippen molar-refractivity contribution in [1.82, 2.24) is 9.80 Å². The van der Waals surface area contributed by atoms with Crippen LogP contribution < -0.4 is 0 Å². The summed E-state index contributed by atoms with van der Waals surface area (Å²) in [4.78, 5) is 42.2. The van der Waals surface area contributed by atoms with Crippen LogP contribution in [0.2, 0.25) is 0 Å². The monoisotopic (exact) mass is 578 g/mol. The quantitative estimate of drug-likeness (QED) is 0.316. The highest BCUT2D eigenvalue weighted by atomic mass is 35.5. The van der Waals surface area contributed by atoms with Crippen molar-refractivity contribution in [2.24, 2.45) is 28.6 Å². The molecule has 3 saturated carbocycles. The lowest BCUT2D eigenvalue weighted by Gasteiger charge is -2.59. The van der Waals surface area contributed by atoms with E-state index in [2.05, 4.69) is 11.8 Å². The third-order valence-electron chi connectivity index (χ3n) is 11.3. The lowest BCUT2D eigenvalue weighted by molar-refractivity contribution is -0.187. The summed E-state index contributed by atoms with van der Waals surface area (Å²) < 4.78 is 0. The zero-order valence-electron chi connectivity index (χ0n) is 23.5. The Bertz CT molecular complexity index is 1100. The zero-order valence-corrected chi connectivity index (χ0v) is 24.2. The molecule has 10 heteroatoms. The lowest BCUT2D eigenvalue weighted by Crippen LogP contribution is -2.65. The van der Waals surface area contributed by atoms with E-state index >= 15 is 0 Å². The summed E-state index contributed by atoms with van der Waals surface area (Å²) in [7, 11) is 0. The Morgan fingerprint density at radius 2 is 1.88 bits per heavy atom. The molecule has 0 aromatic carbocycles. The van der Waals surface area contributed by atoms with Gasteiger partial charge in [-0.2, -0.15) is 0 Å². The van der Waals surface area contributed by atoms with Crippen molar-refractivity contribution in [1.29, 1.82) is 0 Å². The molecule has 5 rings (SSSR count). The minimum absolute atomic E-state index is 0.0176. The predicted molar refractivity (Wildman–Crippen MR) is 149 cm³/mol. The van der Waals surface area contributed by atoms with Crippen molar-refractivity contribution in [3.63, 3.8) is 0 Å². The maximum absolute atomic E-state index is 14.0. The minimum atomic E-state index is -1.95. The number of carbonyl (C=O) groups excluding carboxylic acids is 2. The Kier molecular flexibility index (Phi) is 8.13. The number of carbonyl (C=O) groups is 3. The van der Waals surface area contributed by atoms with Gasteiger partial charge in [0.2, 0.25) is 0 Å². The van der Waals surface area contributed by atoms with E-state index in [-0.39, 0.29) is 36.4 Å². The molecule has 5 aliphatic rings. The summed E-state index contributed by atoms with van der Waals surface area (Å²) in [5.74, 6) is -1.86. The van der Waals surface area contributed by atoms with Crippen LogP contribution in [0, 0.1) is 28.6 Å². The number of fused-ring (bicyclic) bond motifs is 5. The number of halogens is 1. The zero-order chi connectivity index (χ0) is 29.0. The summed E-state index contributed by atoms with van der Waals surface area (Å²) in [6.07, 6.45) is 5.55. The number of aliphatic hydroxyl groups excluding tert-OH is 2. The third kappa shape index (κ3) is 4.61. The van der Waals surface area contributed by atoms with E-state index < -0.39 is 46.4 Å². The number of alkyl halides is 1. The smallest absolute Gasteiger partial charge is 0.324 e. The number of aliphatic hydroxyl groups is 3. The Morgan fingerprint density at radius 1 is 1.18 bits per heavy atom. The predicted octanol–water partition coefficient (Wildman–Crippen LogP) is 1.63. The van der Waals surface area contributed by atoms with Gasteiger partial charge in [-0.3, -0.25) is 19.3 Å². The third-order valence-corrected chi connectivity index (χ3v) is 11.6. The second-order valence-corrected chi connectivity index (χ2v) is 13.5. The Morgan fingerprint density at radius 3 is 2.52 bits per heavy atom. The van der Waals surface area contributed by atoms with Gasteiger partial charge in [0, 0.05) is 48.8 Å². The molecule has 1 saturated heterocycles. The number of aliphatic carboxylic acids is 1. The number of carboxylic acids is 1. The van der Waals surface area contributed by atoms with Crippen LogP contribution in [0.15, 0.2) is 23.8 Å². The van der Waals surface area contributed by atoms with Gasteiger partial charge in [0.05, 0.1) is 6.10 Å². The van der Waals surface area contributed by atoms with E-state index in [1.807, 2.05) is 13.0 Å². The molecule has 0 amide bonds. The van der Waals surface area contributed by atoms with Crippen LogP contribution in [0.4, 0.5) is 0 Å². The maximum Gasteiger partial charge on any atom is 0.324 e. The fourth-order valence-electron chi connectivity index (χ4n) is 9.16. The van der Waals surface area contributed by atoms with Gasteiger partial charge in [-0.25, -0.2) is 0 Å². The summed E-state index contributed by atoms with van der Waals surface area (Å²) in [6.45, 7) is 6.68. The Balaban J connectivity index is 1.36. The number of rotatable bonds is 8. The van der Waals surface area contributed by atoms with Crippen molar-refractivity contribution >= 4 is 29.1 Å². The largest absolute Gasteiger partial charge is 0.480 e. The molecule has 0 aromatic rings. The first-order chi connectivity index (χ1) is 18.9. The standard InChI is InChI=1S/C30H43ClN2O7/c1-28-8-6-19(34)16-18(28)4-5-20-21-7-9-30(40,29(21,2)17-22(35)23(20)28)26(37)25(36)24(27(38)39)33-14-12-32(13-15-33)11-3-10-31/h6,8,16,20-25,35-36,40H,3-5,7,9-15,17H2,1-2H3,(H,38,39)/t20-,21-,22-,23+,24?,25?,28-,29-,30-/m0/s1. The van der Waals surface area contributed by atoms with Crippen LogP contribution in [-0.4, -0.2) is 110 Å².